The predicted molar refractivity (Wildman–Crippen MR) is 43.6 cm³/mol. The molecule has 4 nitrogen and oxygen atoms in total. The molecule has 0 saturated heterocycles. The molecule has 1 aliphatic carbocycles. The number of nitrogens with two attached hydrogens (primary N) is 1. The van der Waals surface area contributed by atoms with E-state index in [1.807, 2.05) is 0 Å². The van der Waals surface area contributed by atoms with Crippen LogP contribution in [0.5, 0.6) is 0 Å². The lowest BCUT2D eigenvalue weighted by molar-refractivity contribution is -0.147. The van der Waals surface area contributed by atoms with Gasteiger partial charge in [0.05, 0.1) is 13.2 Å². The molecule has 1 rings (SSSR count). The molecule has 0 aliphatic heterocycles. The molecule has 0 aromatic carbocycles. The molecule has 1 aliphatic rings. The van der Waals surface area contributed by atoms with Gasteiger partial charge in [-0.1, -0.05) is 0 Å². The van der Waals surface area contributed by atoms with Crippen LogP contribution in [0.2, 0.25) is 0 Å². The van der Waals surface area contributed by atoms with Gasteiger partial charge < -0.3 is 15.2 Å². The number of esters is 1. The van der Waals surface area contributed by atoms with Crippen molar-refractivity contribution < 1.29 is 14.3 Å². The Labute approximate surface area is 72.0 Å². The van der Waals surface area contributed by atoms with Crippen LogP contribution in [0.4, 0.5) is 0 Å². The lowest BCUT2D eigenvalue weighted by Crippen LogP contribution is -2.20. The van der Waals surface area contributed by atoms with Gasteiger partial charge in [-0.3, -0.25) is 0 Å². The monoisotopic (exact) mass is 173 g/mol. The van der Waals surface area contributed by atoms with Crippen molar-refractivity contribution >= 4 is 5.97 Å². The summed E-state index contributed by atoms with van der Waals surface area (Å²) in [6.07, 6.45) is 2.96. The van der Waals surface area contributed by atoms with Crippen molar-refractivity contribution in [1.82, 2.24) is 0 Å². The van der Waals surface area contributed by atoms with Crippen LogP contribution in [0.15, 0.2) is 0 Å². The standard InChI is InChI=1S/C8H15NO3/c1-11-8(10)5-12-7-3-2-6(9)4-7/h6-7H,2-5,9H2,1H3. The molecule has 2 unspecified atom stereocenters. The average molecular weight is 173 g/mol. The van der Waals surface area contributed by atoms with Gasteiger partial charge in [-0.05, 0) is 19.3 Å². The third-order valence-electron chi connectivity index (χ3n) is 2.09. The number of carbonyl (C=O) groups is 1. The van der Waals surface area contributed by atoms with E-state index in [-0.39, 0.29) is 24.7 Å². The van der Waals surface area contributed by atoms with E-state index in [4.69, 9.17) is 10.5 Å². The van der Waals surface area contributed by atoms with E-state index in [0.717, 1.165) is 19.3 Å². The highest BCUT2D eigenvalue weighted by atomic mass is 16.6. The number of ether oxygens (including phenoxy) is 2. The molecule has 2 atom stereocenters. The van der Waals surface area contributed by atoms with Crippen molar-refractivity contribution in [2.24, 2.45) is 5.73 Å². The highest BCUT2D eigenvalue weighted by Gasteiger charge is 2.22. The normalized spacial score (nSPS) is 28.8. The molecule has 0 bridgehead atoms. The van der Waals surface area contributed by atoms with Crippen LogP contribution in [0, 0.1) is 0 Å². The van der Waals surface area contributed by atoms with Gasteiger partial charge in [0, 0.05) is 6.04 Å². The first-order chi connectivity index (χ1) is 5.72. The van der Waals surface area contributed by atoms with Gasteiger partial charge >= 0.3 is 5.97 Å². The molecule has 0 aromatic heterocycles. The van der Waals surface area contributed by atoms with Crippen molar-refractivity contribution in [3.63, 3.8) is 0 Å². The summed E-state index contributed by atoms with van der Waals surface area (Å²) in [5, 5.41) is 0. The van der Waals surface area contributed by atoms with E-state index in [9.17, 15) is 4.79 Å². The fourth-order valence-corrected chi connectivity index (χ4v) is 1.37. The molecule has 1 saturated carbocycles. The number of methoxy groups -OCH3 is 1. The maximum absolute atomic E-state index is 10.7. The Balaban J connectivity index is 2.11. The molecule has 0 radical (unpaired) electrons. The molecule has 0 spiro atoms. The number of rotatable bonds is 3. The Morgan fingerprint density at radius 2 is 2.33 bits per heavy atom. The van der Waals surface area contributed by atoms with Crippen LogP contribution in [-0.4, -0.2) is 31.8 Å². The van der Waals surface area contributed by atoms with E-state index >= 15 is 0 Å². The molecule has 1 fully saturated rings. The van der Waals surface area contributed by atoms with Gasteiger partial charge in [0.25, 0.3) is 0 Å². The van der Waals surface area contributed by atoms with E-state index in [2.05, 4.69) is 4.74 Å². The van der Waals surface area contributed by atoms with Gasteiger partial charge in [-0.15, -0.1) is 0 Å². The van der Waals surface area contributed by atoms with Crippen molar-refractivity contribution in [3.8, 4) is 0 Å². The Morgan fingerprint density at radius 3 is 2.83 bits per heavy atom. The molecule has 4 heteroatoms. The van der Waals surface area contributed by atoms with E-state index in [1.165, 1.54) is 7.11 Å². The first kappa shape index (κ1) is 9.48. The summed E-state index contributed by atoms with van der Waals surface area (Å²) >= 11 is 0. The molecule has 0 aromatic rings. The Morgan fingerprint density at radius 1 is 1.58 bits per heavy atom. The average Bonchev–Trinajstić information content (AvgIpc) is 2.47. The van der Waals surface area contributed by atoms with Crippen molar-refractivity contribution in [1.29, 1.82) is 0 Å². The molecule has 0 heterocycles. The maximum atomic E-state index is 10.7. The molecule has 70 valence electrons. The van der Waals surface area contributed by atoms with E-state index in [0.29, 0.717) is 0 Å². The second-order valence-electron chi connectivity index (χ2n) is 3.08. The second-order valence-corrected chi connectivity index (χ2v) is 3.08. The first-order valence-corrected chi connectivity index (χ1v) is 4.16. The number of hydrogen-bond donors (Lipinski definition) is 1. The van der Waals surface area contributed by atoms with Crippen LogP contribution in [0.25, 0.3) is 0 Å². The maximum Gasteiger partial charge on any atom is 0.331 e. The van der Waals surface area contributed by atoms with Gasteiger partial charge in [0.1, 0.15) is 6.61 Å². The lowest BCUT2D eigenvalue weighted by atomic mass is 10.3. The minimum absolute atomic E-state index is 0.0495. The van der Waals surface area contributed by atoms with Gasteiger partial charge in [0.15, 0.2) is 0 Å². The van der Waals surface area contributed by atoms with Gasteiger partial charge in [-0.25, -0.2) is 4.79 Å². The molecule has 12 heavy (non-hydrogen) atoms. The van der Waals surface area contributed by atoms with Crippen LogP contribution >= 0.6 is 0 Å². The van der Waals surface area contributed by atoms with Crippen LogP contribution in [0.1, 0.15) is 19.3 Å². The summed E-state index contributed by atoms with van der Waals surface area (Å²) in [6, 6.07) is 0.243. The Hall–Kier alpha value is -0.610. The number of hydrogen-bond acceptors (Lipinski definition) is 4. The molecular weight excluding hydrogens is 158 g/mol. The quantitative estimate of drug-likeness (QED) is 0.613. The third kappa shape index (κ3) is 2.79. The molecule has 0 amide bonds. The molecular formula is C8H15NO3. The van der Waals surface area contributed by atoms with Gasteiger partial charge in [-0.2, -0.15) is 0 Å². The van der Waals surface area contributed by atoms with Crippen LogP contribution in [0.3, 0.4) is 0 Å². The summed E-state index contributed by atoms with van der Waals surface area (Å²) in [5.41, 5.74) is 5.67. The smallest absolute Gasteiger partial charge is 0.331 e. The topological polar surface area (TPSA) is 61.5 Å². The fraction of sp³-hybridized carbons (Fsp3) is 0.875. The zero-order valence-electron chi connectivity index (χ0n) is 7.29. The highest BCUT2D eigenvalue weighted by molar-refractivity contribution is 5.70. The highest BCUT2D eigenvalue weighted by Crippen LogP contribution is 2.19. The Bertz CT molecular complexity index is 160. The summed E-state index contributed by atoms with van der Waals surface area (Å²) in [7, 11) is 1.35. The SMILES string of the molecule is COC(=O)COC1CCC(N)C1. The minimum atomic E-state index is -0.324. The number of carbonyl (C=O) groups excluding carboxylic acids is 1. The molecule has 2 N–H and O–H groups in total. The predicted octanol–water partition coefficient (Wildman–Crippen LogP) is 0.0558. The Kier molecular flexibility index (Phi) is 3.49. The summed E-state index contributed by atoms with van der Waals surface area (Å²) in [5.74, 6) is -0.324. The summed E-state index contributed by atoms with van der Waals surface area (Å²) in [6.45, 7) is 0.0495. The van der Waals surface area contributed by atoms with E-state index in [1.54, 1.807) is 0 Å². The second kappa shape index (κ2) is 4.42. The zero-order valence-corrected chi connectivity index (χ0v) is 7.29. The first-order valence-electron chi connectivity index (χ1n) is 4.16. The van der Waals surface area contributed by atoms with Crippen molar-refractivity contribution in [2.75, 3.05) is 13.7 Å². The minimum Gasteiger partial charge on any atom is -0.467 e. The lowest BCUT2D eigenvalue weighted by Gasteiger charge is -2.09. The van der Waals surface area contributed by atoms with Crippen molar-refractivity contribution in [2.45, 2.75) is 31.4 Å². The third-order valence-corrected chi connectivity index (χ3v) is 2.09. The zero-order chi connectivity index (χ0) is 8.97. The van der Waals surface area contributed by atoms with Crippen LogP contribution in [-0.2, 0) is 14.3 Å². The summed E-state index contributed by atoms with van der Waals surface area (Å²) < 4.78 is 9.71. The van der Waals surface area contributed by atoms with Crippen LogP contribution < -0.4 is 5.73 Å². The fourth-order valence-electron chi connectivity index (χ4n) is 1.37. The van der Waals surface area contributed by atoms with Crippen molar-refractivity contribution in [3.05, 3.63) is 0 Å². The summed E-state index contributed by atoms with van der Waals surface area (Å²) in [4.78, 5) is 10.7. The van der Waals surface area contributed by atoms with E-state index < -0.39 is 0 Å². The largest absolute Gasteiger partial charge is 0.467 e. The van der Waals surface area contributed by atoms with Gasteiger partial charge in [0.2, 0.25) is 0 Å².